The Hall–Kier alpha value is -0.800. The number of rotatable bonds is 3. The normalized spacial score (nSPS) is 20.3. The minimum Gasteiger partial charge on any atom is -0.390 e. The van der Waals surface area contributed by atoms with E-state index < -0.39 is 0 Å². The summed E-state index contributed by atoms with van der Waals surface area (Å²) in [5.41, 5.74) is 0.567. The summed E-state index contributed by atoms with van der Waals surface area (Å²) in [6.45, 7) is 6.53. The highest BCUT2D eigenvalue weighted by Gasteiger charge is 2.25. The van der Waals surface area contributed by atoms with Crippen LogP contribution in [0.15, 0.2) is 12.1 Å². The summed E-state index contributed by atoms with van der Waals surface area (Å²) in [5, 5.41) is 9.70. The second-order valence-electron chi connectivity index (χ2n) is 4.99. The summed E-state index contributed by atoms with van der Waals surface area (Å²) in [5.74, 6) is 2.39. The van der Waals surface area contributed by atoms with Gasteiger partial charge < -0.3 is 10.0 Å². The van der Waals surface area contributed by atoms with Crippen molar-refractivity contribution in [3.05, 3.63) is 22.8 Å². The highest BCUT2D eigenvalue weighted by atomic mass is 35.5. The molecule has 1 aliphatic heterocycles. The van der Waals surface area contributed by atoms with Crippen molar-refractivity contribution in [2.75, 3.05) is 18.0 Å². The number of aromatic nitrogens is 1. The van der Waals surface area contributed by atoms with Gasteiger partial charge in [0.15, 0.2) is 0 Å². The number of anilines is 1. The van der Waals surface area contributed by atoms with Gasteiger partial charge in [-0.15, -0.1) is 0 Å². The van der Waals surface area contributed by atoms with Gasteiger partial charge in [0.2, 0.25) is 0 Å². The summed E-state index contributed by atoms with van der Waals surface area (Å²) in [6.07, 6.45) is 1.22. The van der Waals surface area contributed by atoms with Crippen LogP contribution in [0.2, 0.25) is 5.02 Å². The summed E-state index contributed by atoms with van der Waals surface area (Å²) in [6, 6.07) is 3.75. The summed E-state index contributed by atoms with van der Waals surface area (Å²) >= 11 is 5.94. The SMILES string of the molecule is CC(C)C1CCN(c2ccc(Cl)c(CO)n2)C1. The number of halogens is 1. The molecular weight excluding hydrogens is 236 g/mol. The Morgan fingerprint density at radius 1 is 1.53 bits per heavy atom. The second-order valence-corrected chi connectivity index (χ2v) is 5.40. The molecule has 94 valence electrons. The van der Waals surface area contributed by atoms with E-state index in [1.165, 1.54) is 6.42 Å². The third-order valence-corrected chi connectivity index (χ3v) is 3.89. The molecule has 1 aliphatic rings. The van der Waals surface area contributed by atoms with E-state index in [-0.39, 0.29) is 6.61 Å². The second kappa shape index (κ2) is 5.23. The van der Waals surface area contributed by atoms with Gasteiger partial charge in [0, 0.05) is 13.1 Å². The van der Waals surface area contributed by atoms with Crippen LogP contribution >= 0.6 is 11.6 Å². The molecule has 1 aromatic rings. The Morgan fingerprint density at radius 2 is 2.29 bits per heavy atom. The molecule has 0 aromatic carbocycles. The zero-order valence-corrected chi connectivity index (χ0v) is 11.1. The largest absolute Gasteiger partial charge is 0.390 e. The first-order valence-corrected chi connectivity index (χ1v) is 6.51. The Morgan fingerprint density at radius 3 is 2.88 bits per heavy atom. The lowest BCUT2D eigenvalue weighted by molar-refractivity contribution is 0.277. The molecule has 1 unspecified atom stereocenters. The highest BCUT2D eigenvalue weighted by Crippen LogP contribution is 2.28. The molecule has 1 aromatic heterocycles. The first-order valence-electron chi connectivity index (χ1n) is 6.13. The number of hydrogen-bond acceptors (Lipinski definition) is 3. The molecule has 2 rings (SSSR count). The quantitative estimate of drug-likeness (QED) is 0.901. The maximum absolute atomic E-state index is 9.16. The van der Waals surface area contributed by atoms with E-state index >= 15 is 0 Å². The molecule has 0 saturated carbocycles. The van der Waals surface area contributed by atoms with Gasteiger partial charge in [-0.1, -0.05) is 25.4 Å². The van der Waals surface area contributed by atoms with Crippen molar-refractivity contribution < 1.29 is 5.11 Å². The predicted molar refractivity (Wildman–Crippen MR) is 70.3 cm³/mol. The molecular formula is C13H19ClN2O. The van der Waals surface area contributed by atoms with Gasteiger partial charge in [0.25, 0.3) is 0 Å². The summed E-state index contributed by atoms with van der Waals surface area (Å²) in [7, 11) is 0. The molecule has 0 amide bonds. The molecule has 4 heteroatoms. The first kappa shape index (κ1) is 12.7. The van der Waals surface area contributed by atoms with Gasteiger partial charge in [0.1, 0.15) is 5.82 Å². The highest BCUT2D eigenvalue weighted by molar-refractivity contribution is 6.31. The Bertz CT molecular complexity index is 395. The van der Waals surface area contributed by atoms with Crippen LogP contribution in [0.4, 0.5) is 5.82 Å². The van der Waals surface area contributed by atoms with Crippen LogP contribution in [-0.2, 0) is 6.61 Å². The van der Waals surface area contributed by atoms with Crippen LogP contribution in [-0.4, -0.2) is 23.2 Å². The topological polar surface area (TPSA) is 36.4 Å². The maximum Gasteiger partial charge on any atom is 0.129 e. The Balaban J connectivity index is 2.13. The molecule has 1 N–H and O–H groups in total. The van der Waals surface area contributed by atoms with Gasteiger partial charge in [-0.3, -0.25) is 0 Å². The van der Waals surface area contributed by atoms with Crippen molar-refractivity contribution in [1.82, 2.24) is 4.98 Å². The summed E-state index contributed by atoms with van der Waals surface area (Å²) in [4.78, 5) is 6.69. The van der Waals surface area contributed by atoms with E-state index in [9.17, 15) is 0 Å². The van der Waals surface area contributed by atoms with Crippen LogP contribution in [0.3, 0.4) is 0 Å². The van der Waals surface area contributed by atoms with Crippen molar-refractivity contribution in [3.63, 3.8) is 0 Å². The van der Waals surface area contributed by atoms with E-state index in [2.05, 4.69) is 23.7 Å². The lowest BCUT2D eigenvalue weighted by Crippen LogP contribution is -2.22. The van der Waals surface area contributed by atoms with E-state index in [4.69, 9.17) is 16.7 Å². The van der Waals surface area contributed by atoms with Crippen LogP contribution in [0, 0.1) is 11.8 Å². The zero-order chi connectivity index (χ0) is 12.4. The lowest BCUT2D eigenvalue weighted by Gasteiger charge is -2.19. The average molecular weight is 255 g/mol. The van der Waals surface area contributed by atoms with Crippen LogP contribution in [0.25, 0.3) is 0 Å². The van der Waals surface area contributed by atoms with Crippen molar-refractivity contribution >= 4 is 17.4 Å². The van der Waals surface area contributed by atoms with Crippen molar-refractivity contribution in [2.45, 2.75) is 26.9 Å². The number of aliphatic hydroxyl groups is 1. The number of aliphatic hydroxyl groups excluding tert-OH is 1. The fraction of sp³-hybridized carbons (Fsp3) is 0.615. The third kappa shape index (κ3) is 2.72. The maximum atomic E-state index is 9.16. The standard InChI is InChI=1S/C13H19ClN2O/c1-9(2)10-5-6-16(7-10)13-4-3-11(14)12(8-17)15-13/h3-4,9-10,17H,5-8H2,1-2H3. The van der Waals surface area contributed by atoms with E-state index in [1.54, 1.807) is 0 Å². The first-order chi connectivity index (χ1) is 8.11. The number of hydrogen-bond donors (Lipinski definition) is 1. The van der Waals surface area contributed by atoms with Crippen molar-refractivity contribution in [2.24, 2.45) is 11.8 Å². The third-order valence-electron chi connectivity index (χ3n) is 3.55. The Kier molecular flexibility index (Phi) is 3.89. The van der Waals surface area contributed by atoms with Crippen LogP contribution in [0.1, 0.15) is 26.0 Å². The smallest absolute Gasteiger partial charge is 0.129 e. The number of pyridine rings is 1. The minimum atomic E-state index is -0.103. The molecule has 1 saturated heterocycles. The monoisotopic (exact) mass is 254 g/mol. The lowest BCUT2D eigenvalue weighted by atomic mass is 9.95. The van der Waals surface area contributed by atoms with Gasteiger partial charge in [-0.2, -0.15) is 0 Å². The van der Waals surface area contributed by atoms with E-state index in [0.717, 1.165) is 24.8 Å². The molecule has 1 atom stereocenters. The van der Waals surface area contributed by atoms with E-state index in [1.807, 2.05) is 12.1 Å². The number of nitrogens with zero attached hydrogens (tertiary/aromatic N) is 2. The fourth-order valence-corrected chi connectivity index (χ4v) is 2.46. The van der Waals surface area contributed by atoms with Gasteiger partial charge >= 0.3 is 0 Å². The van der Waals surface area contributed by atoms with Gasteiger partial charge in [-0.25, -0.2) is 4.98 Å². The average Bonchev–Trinajstić information content (AvgIpc) is 2.79. The molecule has 0 spiro atoms. The van der Waals surface area contributed by atoms with Crippen LogP contribution < -0.4 is 4.90 Å². The molecule has 17 heavy (non-hydrogen) atoms. The van der Waals surface area contributed by atoms with Gasteiger partial charge in [-0.05, 0) is 30.4 Å². The Labute approximate surface area is 107 Å². The van der Waals surface area contributed by atoms with Gasteiger partial charge in [0.05, 0.1) is 17.3 Å². The zero-order valence-electron chi connectivity index (χ0n) is 10.4. The van der Waals surface area contributed by atoms with E-state index in [0.29, 0.717) is 16.6 Å². The molecule has 0 radical (unpaired) electrons. The molecule has 3 nitrogen and oxygen atoms in total. The van der Waals surface area contributed by atoms with Crippen molar-refractivity contribution in [1.29, 1.82) is 0 Å². The molecule has 1 fully saturated rings. The summed E-state index contributed by atoms with van der Waals surface area (Å²) < 4.78 is 0. The fourth-order valence-electron chi connectivity index (χ4n) is 2.30. The molecule has 2 heterocycles. The van der Waals surface area contributed by atoms with Crippen molar-refractivity contribution in [3.8, 4) is 0 Å². The predicted octanol–water partition coefficient (Wildman–Crippen LogP) is 2.71. The minimum absolute atomic E-state index is 0.103. The molecule has 0 bridgehead atoms. The molecule has 0 aliphatic carbocycles. The van der Waals surface area contributed by atoms with Crippen LogP contribution in [0.5, 0.6) is 0 Å².